The summed E-state index contributed by atoms with van der Waals surface area (Å²) in [6.07, 6.45) is 0. The van der Waals surface area contributed by atoms with Crippen molar-refractivity contribution >= 4 is 54.2 Å². The zero-order chi connectivity index (χ0) is 13.5. The van der Waals surface area contributed by atoms with Crippen molar-refractivity contribution in [2.75, 3.05) is 0 Å². The third kappa shape index (κ3) is 4.71. The van der Waals surface area contributed by atoms with E-state index in [-0.39, 0.29) is 0 Å². The molecule has 0 aliphatic rings. The summed E-state index contributed by atoms with van der Waals surface area (Å²) in [5.74, 6) is 0. The van der Waals surface area contributed by atoms with Crippen molar-refractivity contribution < 1.29 is 0 Å². The Hall–Kier alpha value is -0.710. The van der Waals surface area contributed by atoms with E-state index < -0.39 is 20.9 Å². The summed E-state index contributed by atoms with van der Waals surface area (Å²) in [6.45, 7) is 0. The van der Waals surface area contributed by atoms with Crippen LogP contribution in [0, 0.1) is 0 Å². The fourth-order valence-electron chi connectivity index (χ4n) is 1.48. The van der Waals surface area contributed by atoms with Gasteiger partial charge in [-0.3, -0.25) is 0 Å². The van der Waals surface area contributed by atoms with Crippen LogP contribution in [-0.2, 0) is 0 Å². The molecule has 0 aromatic heterocycles. The van der Waals surface area contributed by atoms with E-state index in [1.807, 2.05) is 60.7 Å². The van der Waals surface area contributed by atoms with Gasteiger partial charge in [-0.1, -0.05) is 0 Å². The third-order valence-electron chi connectivity index (χ3n) is 2.44. The molecule has 0 saturated carbocycles. The van der Waals surface area contributed by atoms with E-state index in [1.54, 1.807) is 0 Å². The molecule has 0 radical (unpaired) electrons. The molecule has 0 amide bonds. The first kappa shape index (κ1) is 14.7. The van der Waals surface area contributed by atoms with Gasteiger partial charge in [0.05, 0.1) is 0 Å². The van der Waals surface area contributed by atoms with E-state index in [9.17, 15) is 0 Å². The van der Waals surface area contributed by atoms with E-state index >= 15 is 0 Å². The Morgan fingerprint density at radius 1 is 0.684 bits per heavy atom. The van der Waals surface area contributed by atoms with Crippen LogP contribution in [0.15, 0.2) is 68.9 Å². The predicted molar refractivity (Wildman–Crippen MR) is 86.3 cm³/mol. The van der Waals surface area contributed by atoms with Gasteiger partial charge < -0.3 is 0 Å². The van der Waals surface area contributed by atoms with Crippen LogP contribution < -0.4 is 0 Å². The first-order chi connectivity index (χ1) is 9.27. The van der Waals surface area contributed by atoms with E-state index in [1.165, 1.54) is 0 Å². The van der Waals surface area contributed by atoms with Crippen LogP contribution in [0.2, 0.25) is 0 Å². The van der Waals surface area contributed by atoms with Crippen LogP contribution in [0.5, 0.6) is 0 Å². The van der Waals surface area contributed by atoms with Gasteiger partial charge in [-0.15, -0.1) is 0 Å². The summed E-state index contributed by atoms with van der Waals surface area (Å²) in [4.78, 5) is 0. The first-order valence-electron chi connectivity index (χ1n) is 5.75. The molecule has 96 valence electrons. The summed E-state index contributed by atoms with van der Waals surface area (Å²) in [7, 11) is 0. The minimum atomic E-state index is -0.478. The fourth-order valence-corrected chi connectivity index (χ4v) is 4.08. The average Bonchev–Trinajstić information content (AvgIpc) is 2.49. The molecule has 0 spiro atoms. The van der Waals surface area contributed by atoms with Gasteiger partial charge in [-0.25, -0.2) is 0 Å². The van der Waals surface area contributed by atoms with E-state index in [2.05, 4.69) is 8.25 Å². The van der Waals surface area contributed by atoms with Gasteiger partial charge in [0, 0.05) is 0 Å². The number of benzene rings is 2. The molecule has 0 saturated heterocycles. The Labute approximate surface area is 133 Å². The Morgan fingerprint density at radius 3 is 1.42 bits per heavy atom. The van der Waals surface area contributed by atoms with Crippen LogP contribution in [0.3, 0.4) is 0 Å². The van der Waals surface area contributed by atoms with Crippen molar-refractivity contribution in [2.45, 2.75) is 0 Å². The Balaban J connectivity index is 2.03. The standard InChI is InChI=1S/C16H12Cl2Te/c17-15(13-7-3-1-4-8-13)11-19-12-16(18)14-9-5-2-6-10-14/h1-12H/b15-11+,16-12+. The topological polar surface area (TPSA) is 0 Å². The van der Waals surface area contributed by atoms with Gasteiger partial charge in [0.25, 0.3) is 0 Å². The Kier molecular flexibility index (Phi) is 6.01. The van der Waals surface area contributed by atoms with Gasteiger partial charge in [-0.2, -0.15) is 0 Å². The van der Waals surface area contributed by atoms with Crippen molar-refractivity contribution in [1.82, 2.24) is 0 Å². The molecule has 0 bridgehead atoms. The first-order valence-corrected chi connectivity index (χ1v) is 9.19. The summed E-state index contributed by atoms with van der Waals surface area (Å²) in [5.41, 5.74) is 2.11. The summed E-state index contributed by atoms with van der Waals surface area (Å²) in [5, 5.41) is 1.61. The maximum atomic E-state index is 6.26. The van der Waals surface area contributed by atoms with Crippen LogP contribution in [-0.4, -0.2) is 20.9 Å². The molecule has 0 atom stereocenters. The molecule has 0 unspecified atom stereocenters. The van der Waals surface area contributed by atoms with Crippen LogP contribution in [0.25, 0.3) is 10.1 Å². The molecule has 2 rings (SSSR count). The zero-order valence-electron chi connectivity index (χ0n) is 10.1. The van der Waals surface area contributed by atoms with Crippen molar-refractivity contribution in [3.8, 4) is 0 Å². The average molecular weight is 403 g/mol. The quantitative estimate of drug-likeness (QED) is 0.619. The van der Waals surface area contributed by atoms with E-state index in [4.69, 9.17) is 23.2 Å². The van der Waals surface area contributed by atoms with Crippen molar-refractivity contribution in [3.05, 3.63) is 80.0 Å². The Morgan fingerprint density at radius 2 is 1.05 bits per heavy atom. The van der Waals surface area contributed by atoms with Crippen LogP contribution in [0.4, 0.5) is 0 Å². The number of hydrogen-bond donors (Lipinski definition) is 0. The molecule has 19 heavy (non-hydrogen) atoms. The number of hydrogen-bond acceptors (Lipinski definition) is 0. The van der Waals surface area contributed by atoms with Gasteiger partial charge in [0.1, 0.15) is 0 Å². The third-order valence-corrected chi connectivity index (χ3v) is 6.03. The minimum absolute atomic E-state index is 0.478. The monoisotopic (exact) mass is 404 g/mol. The molecule has 0 N–H and O–H groups in total. The van der Waals surface area contributed by atoms with E-state index in [0.29, 0.717) is 0 Å². The summed E-state index contributed by atoms with van der Waals surface area (Å²) in [6, 6.07) is 19.9. The number of rotatable bonds is 4. The molecule has 3 heteroatoms. The second-order valence-electron chi connectivity index (χ2n) is 3.80. The fraction of sp³-hybridized carbons (Fsp3) is 0. The van der Waals surface area contributed by atoms with Crippen LogP contribution in [0.1, 0.15) is 11.1 Å². The molecule has 2 aromatic carbocycles. The van der Waals surface area contributed by atoms with Gasteiger partial charge in [-0.05, 0) is 0 Å². The molecule has 0 fully saturated rings. The molecular formula is C16H12Cl2Te. The molecule has 0 heterocycles. The van der Waals surface area contributed by atoms with Crippen molar-refractivity contribution in [3.63, 3.8) is 0 Å². The summed E-state index contributed by atoms with van der Waals surface area (Å²) >= 11 is 12.0. The van der Waals surface area contributed by atoms with Gasteiger partial charge >= 0.3 is 134 Å². The predicted octanol–water partition coefficient (Wildman–Crippen LogP) is 5.17. The SMILES string of the molecule is Cl/C(=C/[Te]/C=C(/Cl)c1ccccc1)c1ccccc1. The molecule has 0 nitrogen and oxygen atoms in total. The summed E-state index contributed by atoms with van der Waals surface area (Å²) < 4.78 is 4.18. The van der Waals surface area contributed by atoms with Crippen LogP contribution >= 0.6 is 23.2 Å². The molecule has 0 aliphatic carbocycles. The second-order valence-corrected chi connectivity index (χ2v) is 6.74. The zero-order valence-corrected chi connectivity index (χ0v) is 13.9. The van der Waals surface area contributed by atoms with E-state index in [0.717, 1.165) is 21.2 Å². The second kappa shape index (κ2) is 7.78. The van der Waals surface area contributed by atoms with Crippen molar-refractivity contribution in [1.29, 1.82) is 0 Å². The van der Waals surface area contributed by atoms with Gasteiger partial charge in [0.15, 0.2) is 0 Å². The molecule has 2 aromatic rings. The normalized spacial score (nSPS) is 12.5. The Bertz CT molecular complexity index is 521. The molecular weight excluding hydrogens is 391 g/mol. The maximum absolute atomic E-state index is 6.26. The molecule has 0 aliphatic heterocycles. The number of halogens is 2. The van der Waals surface area contributed by atoms with Gasteiger partial charge in [0.2, 0.25) is 0 Å². The van der Waals surface area contributed by atoms with Crippen molar-refractivity contribution in [2.24, 2.45) is 0 Å².